The molecule has 1 saturated carbocycles. The first kappa shape index (κ1) is 16.5. The van der Waals surface area contributed by atoms with E-state index in [1.807, 2.05) is 0 Å². The summed E-state index contributed by atoms with van der Waals surface area (Å²) in [5.74, 6) is 3.10. The number of rotatable bonds is 7. The minimum absolute atomic E-state index is 0.743. The lowest BCUT2D eigenvalue weighted by molar-refractivity contribution is 0.425. The molecule has 1 aromatic rings. The van der Waals surface area contributed by atoms with E-state index in [1.54, 1.807) is 5.56 Å². The Hall–Kier alpha value is -0.820. The fourth-order valence-electron chi connectivity index (χ4n) is 3.70. The zero-order valence-electron chi connectivity index (χ0n) is 14.4. The normalized spacial score (nSPS) is 22.4. The summed E-state index contributed by atoms with van der Waals surface area (Å²) in [6, 6.07) is 9.40. The van der Waals surface area contributed by atoms with E-state index in [4.69, 9.17) is 0 Å². The quantitative estimate of drug-likeness (QED) is 0.743. The molecular weight excluding hydrogens is 254 g/mol. The molecule has 0 amide bonds. The molecule has 1 aliphatic rings. The van der Waals surface area contributed by atoms with Crippen molar-refractivity contribution in [2.75, 3.05) is 13.1 Å². The van der Waals surface area contributed by atoms with E-state index < -0.39 is 0 Å². The minimum Gasteiger partial charge on any atom is -0.316 e. The summed E-state index contributed by atoms with van der Waals surface area (Å²) in [6.07, 6.45) is 5.37. The van der Waals surface area contributed by atoms with Gasteiger partial charge in [-0.15, -0.1) is 0 Å². The Morgan fingerprint density at radius 3 is 2.62 bits per heavy atom. The van der Waals surface area contributed by atoms with Gasteiger partial charge in [-0.2, -0.15) is 0 Å². The monoisotopic (exact) mass is 287 g/mol. The molecule has 1 fully saturated rings. The van der Waals surface area contributed by atoms with E-state index in [1.165, 1.54) is 37.8 Å². The molecule has 1 aliphatic carbocycles. The molecule has 2 atom stereocenters. The largest absolute Gasteiger partial charge is 0.316 e. The van der Waals surface area contributed by atoms with E-state index >= 15 is 0 Å². The molecule has 0 aliphatic heterocycles. The lowest BCUT2D eigenvalue weighted by atomic mass is 9.87. The van der Waals surface area contributed by atoms with Crippen LogP contribution < -0.4 is 5.32 Å². The van der Waals surface area contributed by atoms with Gasteiger partial charge in [0, 0.05) is 0 Å². The maximum atomic E-state index is 3.67. The first-order valence-corrected chi connectivity index (χ1v) is 8.85. The van der Waals surface area contributed by atoms with Gasteiger partial charge in [-0.1, -0.05) is 58.4 Å². The maximum absolute atomic E-state index is 3.67. The van der Waals surface area contributed by atoms with Crippen LogP contribution in [0, 0.1) is 17.8 Å². The van der Waals surface area contributed by atoms with Crippen LogP contribution in [-0.2, 0) is 6.42 Å². The van der Waals surface area contributed by atoms with Crippen molar-refractivity contribution < 1.29 is 0 Å². The third kappa shape index (κ3) is 5.14. The summed E-state index contributed by atoms with van der Waals surface area (Å²) in [7, 11) is 0. The Labute approximate surface area is 131 Å². The van der Waals surface area contributed by atoms with Crippen LogP contribution in [0.25, 0.3) is 0 Å². The Bertz CT molecular complexity index is 422. The molecule has 0 radical (unpaired) electrons. The van der Waals surface area contributed by atoms with Crippen LogP contribution in [0.1, 0.15) is 64.0 Å². The fourth-order valence-corrected chi connectivity index (χ4v) is 3.70. The van der Waals surface area contributed by atoms with Gasteiger partial charge in [0.1, 0.15) is 0 Å². The minimum atomic E-state index is 0.743. The predicted octanol–water partition coefficient (Wildman–Crippen LogP) is 5.01. The SMILES string of the molecule is CC(C)CNCC1CCCC1c1cccc(CC(C)C)c1. The molecule has 1 N–H and O–H groups in total. The predicted molar refractivity (Wildman–Crippen MR) is 92.8 cm³/mol. The van der Waals surface area contributed by atoms with Crippen molar-refractivity contribution in [1.82, 2.24) is 5.32 Å². The number of nitrogens with one attached hydrogen (secondary N) is 1. The third-order valence-electron chi connectivity index (χ3n) is 4.64. The van der Waals surface area contributed by atoms with Crippen LogP contribution in [0.15, 0.2) is 24.3 Å². The van der Waals surface area contributed by atoms with Crippen molar-refractivity contribution in [2.24, 2.45) is 17.8 Å². The highest BCUT2D eigenvalue weighted by atomic mass is 14.9. The van der Waals surface area contributed by atoms with Crippen LogP contribution in [-0.4, -0.2) is 13.1 Å². The molecule has 1 heteroatoms. The highest BCUT2D eigenvalue weighted by Gasteiger charge is 2.28. The van der Waals surface area contributed by atoms with Crippen molar-refractivity contribution in [3.05, 3.63) is 35.4 Å². The van der Waals surface area contributed by atoms with Gasteiger partial charge in [0.2, 0.25) is 0 Å². The summed E-state index contributed by atoms with van der Waals surface area (Å²) in [5.41, 5.74) is 3.10. The molecular formula is C20H33N. The molecule has 0 spiro atoms. The van der Waals surface area contributed by atoms with E-state index in [-0.39, 0.29) is 0 Å². The molecule has 0 heterocycles. The van der Waals surface area contributed by atoms with Crippen molar-refractivity contribution in [2.45, 2.75) is 59.3 Å². The zero-order chi connectivity index (χ0) is 15.2. The number of hydrogen-bond acceptors (Lipinski definition) is 1. The third-order valence-corrected chi connectivity index (χ3v) is 4.64. The van der Waals surface area contributed by atoms with Gasteiger partial charge in [-0.3, -0.25) is 0 Å². The molecule has 0 bridgehead atoms. The van der Waals surface area contributed by atoms with Crippen molar-refractivity contribution >= 4 is 0 Å². The Kier molecular flexibility index (Phi) is 6.29. The molecule has 2 unspecified atom stereocenters. The second-order valence-electron chi connectivity index (χ2n) is 7.69. The second-order valence-corrected chi connectivity index (χ2v) is 7.69. The van der Waals surface area contributed by atoms with E-state index in [9.17, 15) is 0 Å². The average Bonchev–Trinajstić information content (AvgIpc) is 2.86. The van der Waals surface area contributed by atoms with Crippen molar-refractivity contribution in [3.8, 4) is 0 Å². The van der Waals surface area contributed by atoms with Crippen LogP contribution in [0.2, 0.25) is 0 Å². The lowest BCUT2D eigenvalue weighted by Gasteiger charge is -2.22. The van der Waals surface area contributed by atoms with Crippen LogP contribution >= 0.6 is 0 Å². The standard InChI is InChI=1S/C20H33N/c1-15(2)11-17-7-5-8-18(12-17)20-10-6-9-19(20)14-21-13-16(3)4/h5,7-8,12,15-16,19-21H,6,9-11,13-14H2,1-4H3. The lowest BCUT2D eigenvalue weighted by Crippen LogP contribution is -2.27. The van der Waals surface area contributed by atoms with Crippen molar-refractivity contribution in [3.63, 3.8) is 0 Å². The van der Waals surface area contributed by atoms with Crippen molar-refractivity contribution in [1.29, 1.82) is 0 Å². The first-order valence-electron chi connectivity index (χ1n) is 8.85. The highest BCUT2D eigenvalue weighted by molar-refractivity contribution is 5.28. The molecule has 0 saturated heterocycles. The summed E-state index contributed by atoms with van der Waals surface area (Å²) in [5, 5.41) is 3.67. The molecule has 1 nitrogen and oxygen atoms in total. The van der Waals surface area contributed by atoms with Crippen LogP contribution in [0.5, 0.6) is 0 Å². The molecule has 0 aromatic heterocycles. The van der Waals surface area contributed by atoms with Gasteiger partial charge in [0.05, 0.1) is 0 Å². The van der Waals surface area contributed by atoms with Gasteiger partial charge >= 0.3 is 0 Å². The zero-order valence-corrected chi connectivity index (χ0v) is 14.4. The van der Waals surface area contributed by atoms with E-state index in [0.717, 1.165) is 30.2 Å². The molecule has 118 valence electrons. The van der Waals surface area contributed by atoms with Gasteiger partial charge < -0.3 is 5.32 Å². The van der Waals surface area contributed by atoms with E-state index in [2.05, 4.69) is 57.3 Å². The number of benzene rings is 1. The Balaban J connectivity index is 1.98. The number of hydrogen-bond donors (Lipinski definition) is 1. The van der Waals surface area contributed by atoms with Gasteiger partial charge in [-0.25, -0.2) is 0 Å². The molecule has 2 rings (SSSR count). The highest BCUT2D eigenvalue weighted by Crippen LogP contribution is 2.39. The first-order chi connectivity index (χ1) is 10.1. The summed E-state index contributed by atoms with van der Waals surface area (Å²) >= 11 is 0. The molecule has 1 aromatic carbocycles. The Morgan fingerprint density at radius 1 is 1.10 bits per heavy atom. The van der Waals surface area contributed by atoms with Crippen LogP contribution in [0.4, 0.5) is 0 Å². The average molecular weight is 287 g/mol. The topological polar surface area (TPSA) is 12.0 Å². The Morgan fingerprint density at radius 2 is 1.90 bits per heavy atom. The summed E-state index contributed by atoms with van der Waals surface area (Å²) < 4.78 is 0. The van der Waals surface area contributed by atoms with Gasteiger partial charge in [0.25, 0.3) is 0 Å². The smallest absolute Gasteiger partial charge is 0.00146 e. The van der Waals surface area contributed by atoms with Gasteiger partial charge in [-0.05, 0) is 67.2 Å². The van der Waals surface area contributed by atoms with E-state index in [0.29, 0.717) is 0 Å². The van der Waals surface area contributed by atoms with Gasteiger partial charge in [0.15, 0.2) is 0 Å². The summed E-state index contributed by atoms with van der Waals surface area (Å²) in [6.45, 7) is 11.5. The van der Waals surface area contributed by atoms with Crippen LogP contribution in [0.3, 0.4) is 0 Å². The summed E-state index contributed by atoms with van der Waals surface area (Å²) in [4.78, 5) is 0. The molecule has 21 heavy (non-hydrogen) atoms. The fraction of sp³-hybridized carbons (Fsp3) is 0.700. The second kappa shape index (κ2) is 7.98. The maximum Gasteiger partial charge on any atom is -0.00146 e.